The van der Waals surface area contributed by atoms with Gasteiger partial charge in [-0.25, -0.2) is 0 Å². The van der Waals surface area contributed by atoms with E-state index >= 15 is 0 Å². The molecule has 13 heteroatoms. The molecule has 1 saturated heterocycles. The number of aromatic nitrogens is 4. The molecule has 4 atom stereocenters. The number of nitrogen functional groups attached to an aromatic ring is 1. The zero-order valence-corrected chi connectivity index (χ0v) is 19.7. The number of aliphatic hydroxyl groups is 2. The van der Waals surface area contributed by atoms with E-state index in [1.165, 1.54) is 17.2 Å². The first-order valence-electron chi connectivity index (χ1n) is 10.6. The number of nitriles is 1. The van der Waals surface area contributed by atoms with Crippen molar-refractivity contribution >= 4 is 24.8 Å². The minimum absolute atomic E-state index is 0.0644. The molecule has 0 unspecified atom stereocenters. The Balaban J connectivity index is 1.94. The summed E-state index contributed by atoms with van der Waals surface area (Å²) in [6, 6.07) is 1.93. The van der Waals surface area contributed by atoms with Gasteiger partial charge < -0.3 is 0 Å². The van der Waals surface area contributed by atoms with Crippen molar-refractivity contribution in [2.75, 3.05) is 18.5 Å². The number of ether oxygens (including phenoxy) is 1. The van der Waals surface area contributed by atoms with Crippen LogP contribution >= 0.6 is 7.87 Å². The summed E-state index contributed by atoms with van der Waals surface area (Å²) < 4.78 is 15.5. The van der Waals surface area contributed by atoms with Gasteiger partial charge >= 0.3 is 187 Å². The van der Waals surface area contributed by atoms with E-state index in [0.717, 1.165) is 0 Å². The van der Waals surface area contributed by atoms with Gasteiger partial charge in [0.05, 0.1) is 0 Å². The van der Waals surface area contributed by atoms with Crippen LogP contribution in [0.4, 0.5) is 5.82 Å². The van der Waals surface area contributed by atoms with Gasteiger partial charge in [0.2, 0.25) is 0 Å². The van der Waals surface area contributed by atoms with Crippen molar-refractivity contribution in [3.63, 3.8) is 0 Å². The van der Waals surface area contributed by atoms with E-state index in [-0.39, 0.29) is 30.5 Å². The van der Waals surface area contributed by atoms with Crippen LogP contribution < -0.4 is 5.73 Å². The molecule has 0 aliphatic carbocycles. The van der Waals surface area contributed by atoms with Gasteiger partial charge in [0.25, 0.3) is 0 Å². The van der Waals surface area contributed by atoms with E-state index in [2.05, 4.69) is 21.0 Å². The molecule has 178 valence electrons. The monoisotopic (exact) mass is 469 g/mol. The molecule has 3 heterocycles. The fourth-order valence-electron chi connectivity index (χ4n) is 4.39. The number of anilines is 1. The molecule has 1 aliphatic heterocycles. The van der Waals surface area contributed by atoms with Gasteiger partial charge in [0.15, 0.2) is 0 Å². The zero-order chi connectivity index (χ0) is 23.6. The SMILES string of the molecule is CC(C)N(C(C)C)[PH](O)(CCC#N)O[C@H]1[C@@H](O)[C@H](n2cnc3c(N)ncnc32)O[C@@H]1CO. The predicted molar refractivity (Wildman–Crippen MR) is 119 cm³/mol. The minimum atomic E-state index is -3.68. The number of fused-ring (bicyclic) bond motifs is 1. The van der Waals surface area contributed by atoms with Crippen molar-refractivity contribution in [3.8, 4) is 6.07 Å². The first-order chi connectivity index (χ1) is 15.1. The van der Waals surface area contributed by atoms with Crippen LogP contribution in [0.15, 0.2) is 12.7 Å². The topological polar surface area (TPSA) is 176 Å². The molecule has 5 N–H and O–H groups in total. The molecule has 1 fully saturated rings. The second kappa shape index (κ2) is 9.89. The van der Waals surface area contributed by atoms with Crippen molar-refractivity contribution in [2.45, 2.75) is 70.7 Å². The Bertz CT molecular complexity index is 959. The van der Waals surface area contributed by atoms with E-state index < -0.39 is 39.0 Å². The van der Waals surface area contributed by atoms with Gasteiger partial charge in [-0.3, -0.25) is 0 Å². The van der Waals surface area contributed by atoms with Gasteiger partial charge in [-0.1, -0.05) is 0 Å². The number of imidazole rings is 1. The predicted octanol–water partition coefficient (Wildman–Crippen LogP) is 0.564. The zero-order valence-electron chi connectivity index (χ0n) is 18.7. The van der Waals surface area contributed by atoms with Crippen LogP contribution in [0.25, 0.3) is 11.2 Å². The number of nitrogens with zero attached hydrogens (tertiary/aromatic N) is 6. The third-order valence-corrected chi connectivity index (χ3v) is 8.94. The average molecular weight is 469 g/mol. The molecule has 1 aliphatic rings. The number of rotatable bonds is 9. The van der Waals surface area contributed by atoms with Crippen molar-refractivity contribution in [1.29, 1.82) is 5.26 Å². The van der Waals surface area contributed by atoms with Crippen LogP contribution in [0.2, 0.25) is 0 Å². The molecule has 2 aromatic heterocycles. The Hall–Kier alpha value is -1.97. The summed E-state index contributed by atoms with van der Waals surface area (Å²) >= 11 is 0. The van der Waals surface area contributed by atoms with E-state index in [1.54, 1.807) is 0 Å². The van der Waals surface area contributed by atoms with Gasteiger partial charge in [-0.2, -0.15) is 0 Å². The first kappa shape index (κ1) is 24.7. The Kier molecular flexibility index (Phi) is 7.62. The van der Waals surface area contributed by atoms with Crippen molar-refractivity contribution in [1.82, 2.24) is 24.2 Å². The number of nitrogens with two attached hydrogens (primary N) is 1. The summed E-state index contributed by atoms with van der Waals surface area (Å²) in [5, 5.41) is 30.2. The molecule has 0 amide bonds. The van der Waals surface area contributed by atoms with E-state index in [0.29, 0.717) is 11.2 Å². The summed E-state index contributed by atoms with van der Waals surface area (Å²) in [4.78, 5) is 23.9. The summed E-state index contributed by atoms with van der Waals surface area (Å²) in [5.74, 6) is 0.190. The maximum absolute atomic E-state index is 11.6. The Morgan fingerprint density at radius 3 is 2.59 bits per heavy atom. The first-order valence-corrected chi connectivity index (χ1v) is 12.6. The molecular weight excluding hydrogens is 437 g/mol. The number of aliphatic hydroxyl groups excluding tert-OH is 2. The fraction of sp³-hybridized carbons (Fsp3) is 0.684. The molecule has 3 rings (SSSR count). The third-order valence-electron chi connectivity index (χ3n) is 5.55. The van der Waals surface area contributed by atoms with Crippen LogP contribution in [-0.2, 0) is 9.26 Å². The second-order valence-corrected chi connectivity index (χ2v) is 11.1. The van der Waals surface area contributed by atoms with Crippen LogP contribution in [-0.4, -0.2) is 82.5 Å². The average Bonchev–Trinajstić information content (AvgIpc) is 3.28. The van der Waals surface area contributed by atoms with Crippen molar-refractivity contribution in [2.24, 2.45) is 0 Å². The van der Waals surface area contributed by atoms with E-state index in [1.807, 2.05) is 32.4 Å². The van der Waals surface area contributed by atoms with Crippen LogP contribution in [0, 0.1) is 11.3 Å². The quantitative estimate of drug-likeness (QED) is 0.378. The number of hydrogen-bond donors (Lipinski definition) is 4. The summed E-state index contributed by atoms with van der Waals surface area (Å²) in [5.41, 5.74) is 6.57. The standard InChI is InChI=1S/C19H32N7O5P/c1-11(2)26(12(3)4)32(29,7-5-6-20)31-16-13(8-27)30-19(15(16)28)25-10-24-14-17(21)22-9-23-18(14)25/h9-13,15-16,19,27-29,32H,5,7-8H2,1-4H3,(H2,21,22,23)/t13-,15-,16-,19-/m1/s1. The van der Waals surface area contributed by atoms with Gasteiger partial charge in [-0.15, -0.1) is 0 Å². The van der Waals surface area contributed by atoms with E-state index in [4.69, 9.17) is 20.3 Å². The van der Waals surface area contributed by atoms with Crippen LogP contribution in [0.5, 0.6) is 0 Å². The normalized spacial score (nSPS) is 24.7. The maximum atomic E-state index is 11.6. The van der Waals surface area contributed by atoms with Crippen LogP contribution in [0.1, 0.15) is 40.3 Å². The molecule has 0 radical (unpaired) electrons. The second-order valence-electron chi connectivity index (χ2n) is 8.40. The molecule has 32 heavy (non-hydrogen) atoms. The molecule has 0 aromatic carbocycles. The summed E-state index contributed by atoms with van der Waals surface area (Å²) in [6.45, 7) is 7.30. The van der Waals surface area contributed by atoms with E-state index in [9.17, 15) is 15.1 Å². The molecule has 0 saturated carbocycles. The fourth-order valence-corrected chi connectivity index (χ4v) is 7.66. The number of hydrogen-bond acceptors (Lipinski definition) is 11. The Morgan fingerprint density at radius 1 is 1.31 bits per heavy atom. The van der Waals surface area contributed by atoms with Gasteiger partial charge in [0.1, 0.15) is 0 Å². The Labute approximate surface area is 187 Å². The molecule has 2 aromatic rings. The van der Waals surface area contributed by atoms with Crippen LogP contribution in [0.3, 0.4) is 0 Å². The van der Waals surface area contributed by atoms with Crippen molar-refractivity contribution in [3.05, 3.63) is 12.7 Å². The summed E-state index contributed by atoms with van der Waals surface area (Å²) in [7, 11) is -3.68. The summed E-state index contributed by atoms with van der Waals surface area (Å²) in [6.07, 6.45) is -1.23. The third kappa shape index (κ3) is 4.56. The molecule has 0 bridgehead atoms. The molecule has 12 nitrogen and oxygen atoms in total. The molecule has 0 spiro atoms. The Morgan fingerprint density at radius 2 is 2.00 bits per heavy atom. The van der Waals surface area contributed by atoms with Gasteiger partial charge in [-0.05, 0) is 0 Å². The molecular formula is C19H32N7O5P. The van der Waals surface area contributed by atoms with Gasteiger partial charge in [0, 0.05) is 0 Å². The van der Waals surface area contributed by atoms with Crippen molar-refractivity contribution < 1.29 is 24.4 Å².